The second kappa shape index (κ2) is 8.27. The standard InChI is InChI=1S/C21H21FN8O2/c1-29-6-8-30(9-7-29)18-5-3-14(11-23-18)26-20-24-12-15(22)19(28-20)25-13-2-4-17-16(10-13)27-21(31)32-17/h2-5,10-12H,6-9H2,1H3,(H,27,31)(H2,24,25,26,28). The van der Waals surface area contributed by atoms with Crippen molar-refractivity contribution in [2.24, 2.45) is 0 Å². The fourth-order valence-corrected chi connectivity index (χ4v) is 3.49. The van der Waals surface area contributed by atoms with E-state index in [1.165, 1.54) is 0 Å². The minimum Gasteiger partial charge on any atom is -0.408 e. The molecule has 1 aliphatic rings. The lowest BCUT2D eigenvalue weighted by molar-refractivity contribution is 0.312. The first-order valence-corrected chi connectivity index (χ1v) is 10.1. The Bertz CT molecular complexity index is 1300. The molecule has 10 nitrogen and oxygen atoms in total. The highest BCUT2D eigenvalue weighted by Crippen LogP contribution is 2.23. The predicted octanol–water partition coefficient (Wildman–Crippen LogP) is 2.68. The van der Waals surface area contributed by atoms with E-state index in [4.69, 9.17) is 4.42 Å². The van der Waals surface area contributed by atoms with Gasteiger partial charge in [0.05, 0.1) is 23.6 Å². The molecule has 0 saturated carbocycles. The molecule has 0 atom stereocenters. The van der Waals surface area contributed by atoms with E-state index in [1.54, 1.807) is 24.4 Å². The van der Waals surface area contributed by atoms with Crippen LogP contribution in [0, 0.1) is 5.82 Å². The Labute approximate surface area is 182 Å². The summed E-state index contributed by atoms with van der Waals surface area (Å²) < 4.78 is 19.3. The van der Waals surface area contributed by atoms with Crippen molar-refractivity contribution in [3.05, 3.63) is 59.1 Å². The van der Waals surface area contributed by atoms with Gasteiger partial charge in [0.25, 0.3) is 0 Å². The van der Waals surface area contributed by atoms with Crippen LogP contribution in [0.1, 0.15) is 0 Å². The van der Waals surface area contributed by atoms with Crippen LogP contribution in [0.5, 0.6) is 0 Å². The van der Waals surface area contributed by atoms with Crippen LogP contribution >= 0.6 is 0 Å². The molecule has 0 unspecified atom stereocenters. The van der Waals surface area contributed by atoms with Crippen molar-refractivity contribution in [2.75, 3.05) is 48.8 Å². The third-order valence-electron chi connectivity index (χ3n) is 5.26. The summed E-state index contributed by atoms with van der Waals surface area (Å²) in [6, 6.07) is 8.74. The van der Waals surface area contributed by atoms with E-state index >= 15 is 0 Å². The number of hydrogen-bond acceptors (Lipinski definition) is 9. The van der Waals surface area contributed by atoms with E-state index in [0.717, 1.165) is 38.2 Å². The quantitative estimate of drug-likeness (QED) is 0.434. The minimum absolute atomic E-state index is 0.00490. The molecule has 1 fully saturated rings. The monoisotopic (exact) mass is 436 g/mol. The number of piperazine rings is 1. The molecule has 4 heterocycles. The lowest BCUT2D eigenvalue weighted by Crippen LogP contribution is -2.44. The van der Waals surface area contributed by atoms with Crippen molar-refractivity contribution >= 4 is 40.1 Å². The number of fused-ring (bicyclic) bond motifs is 1. The van der Waals surface area contributed by atoms with Crippen molar-refractivity contribution in [3.8, 4) is 0 Å². The first kappa shape index (κ1) is 19.9. The zero-order chi connectivity index (χ0) is 22.1. The Hall–Kier alpha value is -3.99. The number of H-pyrrole nitrogens is 1. The number of benzene rings is 1. The molecule has 0 radical (unpaired) electrons. The van der Waals surface area contributed by atoms with Crippen LogP contribution in [-0.2, 0) is 0 Å². The summed E-state index contributed by atoms with van der Waals surface area (Å²) in [6.45, 7) is 3.88. The number of pyridine rings is 1. The topological polar surface area (TPSA) is 115 Å². The van der Waals surface area contributed by atoms with Crippen LogP contribution in [-0.4, -0.2) is 58.1 Å². The highest BCUT2D eigenvalue weighted by atomic mass is 19.1. The average Bonchev–Trinajstić information content (AvgIpc) is 3.16. The summed E-state index contributed by atoms with van der Waals surface area (Å²) in [6.07, 6.45) is 2.79. The molecular formula is C21H21FN8O2. The minimum atomic E-state index is -0.611. The zero-order valence-corrected chi connectivity index (χ0v) is 17.3. The summed E-state index contributed by atoms with van der Waals surface area (Å²) in [4.78, 5) is 31.2. The van der Waals surface area contributed by atoms with Crippen molar-refractivity contribution in [1.82, 2.24) is 24.8 Å². The average molecular weight is 436 g/mol. The van der Waals surface area contributed by atoms with Crippen molar-refractivity contribution in [3.63, 3.8) is 0 Å². The molecule has 32 heavy (non-hydrogen) atoms. The Morgan fingerprint density at radius 2 is 1.84 bits per heavy atom. The molecule has 0 spiro atoms. The second-order valence-corrected chi connectivity index (χ2v) is 7.56. The summed E-state index contributed by atoms with van der Waals surface area (Å²) >= 11 is 0. The molecule has 164 valence electrons. The van der Waals surface area contributed by atoms with Gasteiger partial charge in [-0.25, -0.2) is 19.2 Å². The van der Waals surface area contributed by atoms with E-state index in [1.807, 2.05) is 12.1 Å². The first-order valence-electron chi connectivity index (χ1n) is 10.1. The Kier molecular flexibility index (Phi) is 5.15. The molecule has 4 aromatic rings. The number of halogens is 1. The van der Waals surface area contributed by atoms with E-state index in [9.17, 15) is 9.18 Å². The lowest BCUT2D eigenvalue weighted by Gasteiger charge is -2.33. The van der Waals surface area contributed by atoms with Gasteiger partial charge in [0, 0.05) is 31.9 Å². The molecule has 0 amide bonds. The first-order chi connectivity index (χ1) is 15.5. The number of aromatic amines is 1. The van der Waals surface area contributed by atoms with Gasteiger partial charge in [-0.1, -0.05) is 0 Å². The number of likely N-dealkylation sites (N-methyl/N-ethyl adjacent to an activating group) is 1. The van der Waals surface area contributed by atoms with E-state index in [-0.39, 0.29) is 11.8 Å². The van der Waals surface area contributed by atoms with Crippen LogP contribution in [0.3, 0.4) is 0 Å². The number of aromatic nitrogens is 4. The van der Waals surface area contributed by atoms with Crippen LogP contribution < -0.4 is 21.3 Å². The summed E-state index contributed by atoms with van der Waals surface area (Å²) in [7, 11) is 2.11. The van der Waals surface area contributed by atoms with Crippen molar-refractivity contribution in [1.29, 1.82) is 0 Å². The van der Waals surface area contributed by atoms with Gasteiger partial charge in [-0.05, 0) is 37.4 Å². The Morgan fingerprint density at radius 1 is 1.03 bits per heavy atom. The van der Waals surface area contributed by atoms with Gasteiger partial charge >= 0.3 is 5.76 Å². The molecule has 3 aromatic heterocycles. The van der Waals surface area contributed by atoms with Gasteiger partial charge in [0.15, 0.2) is 17.2 Å². The maximum atomic E-state index is 14.3. The molecule has 1 saturated heterocycles. The molecule has 1 aromatic carbocycles. The third kappa shape index (κ3) is 4.23. The van der Waals surface area contributed by atoms with E-state index < -0.39 is 11.6 Å². The van der Waals surface area contributed by atoms with Crippen molar-refractivity contribution < 1.29 is 8.81 Å². The normalized spacial score (nSPS) is 14.6. The van der Waals surface area contributed by atoms with Gasteiger partial charge in [-0.3, -0.25) is 4.98 Å². The summed E-state index contributed by atoms with van der Waals surface area (Å²) in [5.41, 5.74) is 2.15. The van der Waals surface area contributed by atoms with Crippen molar-refractivity contribution in [2.45, 2.75) is 0 Å². The number of hydrogen-bond donors (Lipinski definition) is 3. The fourth-order valence-electron chi connectivity index (χ4n) is 3.49. The van der Waals surface area contributed by atoms with Crippen LogP contribution in [0.15, 0.2) is 51.9 Å². The smallest absolute Gasteiger partial charge is 0.408 e. The largest absolute Gasteiger partial charge is 0.417 e. The third-order valence-corrected chi connectivity index (χ3v) is 5.26. The van der Waals surface area contributed by atoms with Gasteiger partial charge < -0.3 is 24.9 Å². The summed E-state index contributed by atoms with van der Waals surface area (Å²) in [5.74, 6) is -0.0294. The molecule has 1 aliphatic heterocycles. The molecule has 0 aliphatic carbocycles. The molecule has 11 heteroatoms. The molecular weight excluding hydrogens is 415 g/mol. The number of nitrogens with one attached hydrogen (secondary N) is 3. The number of anilines is 5. The number of nitrogens with zero attached hydrogens (tertiary/aromatic N) is 5. The van der Waals surface area contributed by atoms with Crippen LogP contribution in [0.2, 0.25) is 0 Å². The SMILES string of the molecule is CN1CCN(c2ccc(Nc3ncc(F)c(Nc4ccc5oc(=O)[nH]c5c4)n3)cn2)CC1. The lowest BCUT2D eigenvalue weighted by atomic mass is 10.3. The fraction of sp³-hybridized carbons (Fsp3) is 0.238. The maximum absolute atomic E-state index is 14.3. The molecule has 0 bridgehead atoms. The van der Waals surface area contributed by atoms with E-state index in [0.29, 0.717) is 22.5 Å². The number of rotatable bonds is 5. The van der Waals surface area contributed by atoms with Gasteiger partial charge in [-0.2, -0.15) is 4.98 Å². The predicted molar refractivity (Wildman–Crippen MR) is 119 cm³/mol. The zero-order valence-electron chi connectivity index (χ0n) is 17.3. The summed E-state index contributed by atoms with van der Waals surface area (Å²) in [5, 5.41) is 5.95. The van der Waals surface area contributed by atoms with Gasteiger partial charge in [0.1, 0.15) is 5.82 Å². The highest BCUT2D eigenvalue weighted by molar-refractivity contribution is 5.78. The van der Waals surface area contributed by atoms with Crippen LogP contribution in [0.25, 0.3) is 11.1 Å². The Balaban J connectivity index is 1.30. The number of oxazole rings is 1. The molecule has 5 rings (SSSR count). The highest BCUT2D eigenvalue weighted by Gasteiger charge is 2.15. The van der Waals surface area contributed by atoms with E-state index in [2.05, 4.69) is 47.4 Å². The van der Waals surface area contributed by atoms with Gasteiger partial charge in [-0.15, -0.1) is 0 Å². The molecule has 3 N–H and O–H groups in total. The van der Waals surface area contributed by atoms with Gasteiger partial charge in [0.2, 0.25) is 5.95 Å². The second-order valence-electron chi connectivity index (χ2n) is 7.56. The maximum Gasteiger partial charge on any atom is 0.417 e. The Morgan fingerprint density at radius 3 is 2.62 bits per heavy atom. The van der Waals surface area contributed by atoms with Crippen LogP contribution in [0.4, 0.5) is 33.3 Å².